The van der Waals surface area contributed by atoms with Gasteiger partial charge in [-0.3, -0.25) is 4.79 Å². The number of hydrogen-bond acceptors (Lipinski definition) is 2. The summed E-state index contributed by atoms with van der Waals surface area (Å²) in [5.41, 5.74) is -0.00661. The number of hydrogen-bond donors (Lipinski definition) is 2. The van der Waals surface area contributed by atoms with Crippen LogP contribution in [0.4, 0.5) is 4.39 Å². The summed E-state index contributed by atoms with van der Waals surface area (Å²) in [4.78, 5) is 12.3. The van der Waals surface area contributed by atoms with E-state index in [1.807, 2.05) is 13.8 Å². The van der Waals surface area contributed by atoms with Gasteiger partial charge in [0, 0.05) is 5.56 Å². The van der Waals surface area contributed by atoms with Crippen molar-refractivity contribution in [2.75, 3.05) is 6.54 Å². The molecule has 0 radical (unpaired) electrons. The fourth-order valence-electron chi connectivity index (χ4n) is 2.51. The molecule has 0 bridgehead atoms. The molecule has 1 heterocycles. The van der Waals surface area contributed by atoms with Gasteiger partial charge in [-0.05, 0) is 45.7 Å². The maximum Gasteiger partial charge on any atom is 0.240 e. The first-order chi connectivity index (χ1) is 9.03. The molecule has 0 aliphatic carbocycles. The van der Waals surface area contributed by atoms with Gasteiger partial charge in [-0.1, -0.05) is 18.2 Å². The Hall–Kier alpha value is -1.42. The third-order valence-electron chi connectivity index (χ3n) is 3.84. The zero-order chi connectivity index (χ0) is 13.9. The standard InChI is InChI=1S/C15H21FN2O/c1-11(12-7-3-4-8-13(12)16)18-14(19)15(2)9-5-6-10-17-15/h3-4,7-8,11,17H,5-6,9-10H2,1-2H3,(H,18,19). The second-order valence-electron chi connectivity index (χ2n) is 5.43. The maximum atomic E-state index is 13.7. The van der Waals surface area contributed by atoms with Crippen LogP contribution in [0.15, 0.2) is 24.3 Å². The average Bonchev–Trinajstić information content (AvgIpc) is 2.40. The summed E-state index contributed by atoms with van der Waals surface area (Å²) < 4.78 is 13.7. The van der Waals surface area contributed by atoms with Crippen molar-refractivity contribution in [3.8, 4) is 0 Å². The molecule has 1 amide bonds. The van der Waals surface area contributed by atoms with Gasteiger partial charge in [-0.15, -0.1) is 0 Å². The van der Waals surface area contributed by atoms with Gasteiger partial charge in [-0.2, -0.15) is 0 Å². The van der Waals surface area contributed by atoms with Crippen molar-refractivity contribution in [3.05, 3.63) is 35.6 Å². The summed E-state index contributed by atoms with van der Waals surface area (Å²) in [6, 6.07) is 6.23. The van der Waals surface area contributed by atoms with Crippen molar-refractivity contribution in [1.29, 1.82) is 0 Å². The highest BCUT2D eigenvalue weighted by Gasteiger charge is 2.34. The Kier molecular flexibility index (Phi) is 4.20. The van der Waals surface area contributed by atoms with Crippen LogP contribution in [0.1, 0.15) is 44.7 Å². The Balaban J connectivity index is 2.04. The van der Waals surface area contributed by atoms with Gasteiger partial charge in [0.2, 0.25) is 5.91 Å². The van der Waals surface area contributed by atoms with E-state index in [1.54, 1.807) is 18.2 Å². The Morgan fingerprint density at radius 3 is 2.79 bits per heavy atom. The van der Waals surface area contributed by atoms with Crippen molar-refractivity contribution in [2.45, 2.75) is 44.7 Å². The van der Waals surface area contributed by atoms with Crippen molar-refractivity contribution >= 4 is 5.91 Å². The summed E-state index contributed by atoms with van der Waals surface area (Å²) in [5, 5.41) is 6.17. The number of piperidine rings is 1. The van der Waals surface area contributed by atoms with Crippen LogP contribution in [0.5, 0.6) is 0 Å². The highest BCUT2D eigenvalue weighted by molar-refractivity contribution is 5.86. The zero-order valence-corrected chi connectivity index (χ0v) is 11.5. The lowest BCUT2D eigenvalue weighted by molar-refractivity contribution is -0.128. The van der Waals surface area contributed by atoms with Gasteiger partial charge >= 0.3 is 0 Å². The van der Waals surface area contributed by atoms with Crippen LogP contribution in [0.25, 0.3) is 0 Å². The molecular formula is C15H21FN2O. The molecule has 0 saturated carbocycles. The number of amides is 1. The minimum atomic E-state index is -0.530. The van der Waals surface area contributed by atoms with Gasteiger partial charge in [0.25, 0.3) is 0 Å². The number of nitrogens with one attached hydrogen (secondary N) is 2. The van der Waals surface area contributed by atoms with Crippen LogP contribution in [0.2, 0.25) is 0 Å². The normalized spacial score (nSPS) is 24.8. The maximum absolute atomic E-state index is 13.7. The highest BCUT2D eigenvalue weighted by Crippen LogP contribution is 2.21. The highest BCUT2D eigenvalue weighted by atomic mass is 19.1. The van der Waals surface area contributed by atoms with E-state index in [4.69, 9.17) is 0 Å². The molecule has 1 aromatic carbocycles. The van der Waals surface area contributed by atoms with Gasteiger partial charge in [0.15, 0.2) is 0 Å². The fraction of sp³-hybridized carbons (Fsp3) is 0.533. The molecule has 4 heteroatoms. The molecule has 104 valence electrons. The lowest BCUT2D eigenvalue weighted by Crippen LogP contribution is -2.57. The van der Waals surface area contributed by atoms with Crippen LogP contribution in [-0.4, -0.2) is 18.0 Å². The Morgan fingerprint density at radius 1 is 1.42 bits per heavy atom. The minimum Gasteiger partial charge on any atom is -0.348 e. The molecule has 19 heavy (non-hydrogen) atoms. The quantitative estimate of drug-likeness (QED) is 0.881. The van der Waals surface area contributed by atoms with E-state index in [0.29, 0.717) is 5.56 Å². The molecule has 1 aliphatic heterocycles. The number of benzene rings is 1. The monoisotopic (exact) mass is 264 g/mol. The molecule has 0 spiro atoms. The van der Waals surface area contributed by atoms with E-state index in [9.17, 15) is 9.18 Å². The van der Waals surface area contributed by atoms with E-state index < -0.39 is 5.54 Å². The van der Waals surface area contributed by atoms with Crippen LogP contribution in [-0.2, 0) is 4.79 Å². The molecular weight excluding hydrogens is 243 g/mol. The summed E-state index contributed by atoms with van der Waals surface area (Å²) in [7, 11) is 0. The van der Waals surface area contributed by atoms with Crippen LogP contribution in [0.3, 0.4) is 0 Å². The molecule has 0 aromatic heterocycles. The van der Waals surface area contributed by atoms with Crippen LogP contribution < -0.4 is 10.6 Å². The van der Waals surface area contributed by atoms with Crippen LogP contribution >= 0.6 is 0 Å². The van der Waals surface area contributed by atoms with E-state index >= 15 is 0 Å². The smallest absolute Gasteiger partial charge is 0.240 e. The van der Waals surface area contributed by atoms with Gasteiger partial charge < -0.3 is 10.6 Å². The molecule has 1 fully saturated rings. The molecule has 1 aliphatic rings. The third-order valence-corrected chi connectivity index (χ3v) is 3.84. The van der Waals surface area contributed by atoms with Gasteiger partial charge in [0.1, 0.15) is 5.82 Å². The van der Waals surface area contributed by atoms with E-state index in [0.717, 1.165) is 25.8 Å². The van der Waals surface area contributed by atoms with Crippen molar-refractivity contribution in [1.82, 2.24) is 10.6 Å². The fourth-order valence-corrected chi connectivity index (χ4v) is 2.51. The number of carbonyl (C=O) groups is 1. The SMILES string of the molecule is CC(NC(=O)C1(C)CCCCN1)c1ccccc1F. The Bertz CT molecular complexity index is 455. The predicted octanol–water partition coefficient (Wildman–Crippen LogP) is 2.54. The van der Waals surface area contributed by atoms with E-state index in [2.05, 4.69) is 10.6 Å². The second-order valence-corrected chi connectivity index (χ2v) is 5.43. The van der Waals surface area contributed by atoms with Gasteiger partial charge in [0.05, 0.1) is 11.6 Å². The van der Waals surface area contributed by atoms with Gasteiger partial charge in [-0.25, -0.2) is 4.39 Å². The predicted molar refractivity (Wildman–Crippen MR) is 73.2 cm³/mol. The third kappa shape index (κ3) is 3.13. The zero-order valence-electron chi connectivity index (χ0n) is 11.5. The van der Waals surface area contributed by atoms with Crippen molar-refractivity contribution in [2.24, 2.45) is 0 Å². The Labute approximate surface area is 113 Å². The summed E-state index contributed by atoms with van der Waals surface area (Å²) >= 11 is 0. The largest absolute Gasteiger partial charge is 0.348 e. The molecule has 1 aromatic rings. The minimum absolute atomic E-state index is 0.0528. The topological polar surface area (TPSA) is 41.1 Å². The average molecular weight is 264 g/mol. The first kappa shape index (κ1) is 14.0. The first-order valence-electron chi connectivity index (χ1n) is 6.83. The first-order valence-corrected chi connectivity index (χ1v) is 6.83. The molecule has 3 nitrogen and oxygen atoms in total. The number of halogens is 1. The molecule has 2 rings (SSSR count). The Morgan fingerprint density at radius 2 is 2.16 bits per heavy atom. The molecule has 2 unspecified atom stereocenters. The summed E-state index contributed by atoms with van der Waals surface area (Å²) in [6.45, 7) is 4.58. The van der Waals surface area contributed by atoms with E-state index in [-0.39, 0.29) is 17.8 Å². The van der Waals surface area contributed by atoms with E-state index in [1.165, 1.54) is 6.07 Å². The van der Waals surface area contributed by atoms with Crippen LogP contribution in [0, 0.1) is 5.82 Å². The lowest BCUT2D eigenvalue weighted by Gasteiger charge is -2.34. The van der Waals surface area contributed by atoms with Crippen molar-refractivity contribution in [3.63, 3.8) is 0 Å². The second kappa shape index (κ2) is 5.70. The number of rotatable bonds is 3. The van der Waals surface area contributed by atoms with Crippen molar-refractivity contribution < 1.29 is 9.18 Å². The number of carbonyl (C=O) groups excluding carboxylic acids is 1. The summed E-state index contributed by atoms with van der Waals surface area (Å²) in [6.07, 6.45) is 2.97. The molecule has 1 saturated heterocycles. The molecule has 2 N–H and O–H groups in total. The molecule has 2 atom stereocenters. The lowest BCUT2D eigenvalue weighted by atomic mass is 9.89. The summed E-state index contributed by atoms with van der Waals surface area (Å²) in [5.74, 6) is -0.333.